The van der Waals surface area contributed by atoms with Gasteiger partial charge in [-0.2, -0.15) is 13.2 Å². The van der Waals surface area contributed by atoms with E-state index in [0.717, 1.165) is 17.7 Å². The Labute approximate surface area is 152 Å². The van der Waals surface area contributed by atoms with Gasteiger partial charge in [-0.05, 0) is 42.8 Å². The number of ether oxygens (including phenoxy) is 1. The standard InChI is InChI=1S/C19H15F3N2O3/c1-10-5-6-23-15(7-10)18(26)17-13(9-16(25)27-2)12-8-11(19(20,21)22)3-4-14(12)24-17/h3-8,24H,9H2,1-2H3. The molecule has 140 valence electrons. The number of esters is 1. The molecule has 0 saturated heterocycles. The molecule has 1 aromatic carbocycles. The van der Waals surface area contributed by atoms with Gasteiger partial charge in [-0.25, -0.2) is 0 Å². The third-order valence-corrected chi connectivity index (χ3v) is 4.16. The maximum atomic E-state index is 13.1. The predicted octanol–water partition coefficient (Wildman–Crippen LogP) is 3.84. The molecular weight excluding hydrogens is 361 g/mol. The fraction of sp³-hybridized carbons (Fsp3) is 0.211. The van der Waals surface area contributed by atoms with Crippen molar-refractivity contribution in [3.05, 3.63) is 64.6 Å². The number of halogens is 3. The summed E-state index contributed by atoms with van der Waals surface area (Å²) in [6, 6.07) is 6.35. The largest absolute Gasteiger partial charge is 0.469 e. The van der Waals surface area contributed by atoms with Crippen molar-refractivity contribution in [1.29, 1.82) is 0 Å². The summed E-state index contributed by atoms with van der Waals surface area (Å²) in [5.41, 5.74) is 0.553. The Morgan fingerprint density at radius 3 is 2.56 bits per heavy atom. The molecule has 2 aromatic heterocycles. The number of H-pyrrole nitrogens is 1. The monoisotopic (exact) mass is 376 g/mol. The fourth-order valence-electron chi connectivity index (χ4n) is 2.81. The lowest BCUT2D eigenvalue weighted by atomic mass is 10.0. The zero-order chi connectivity index (χ0) is 19.8. The number of pyridine rings is 1. The van der Waals surface area contributed by atoms with Gasteiger partial charge in [0, 0.05) is 22.7 Å². The lowest BCUT2D eigenvalue weighted by Gasteiger charge is -2.07. The number of benzene rings is 1. The van der Waals surface area contributed by atoms with Crippen LogP contribution in [0.25, 0.3) is 10.9 Å². The van der Waals surface area contributed by atoms with Crippen LogP contribution in [-0.2, 0) is 22.1 Å². The Morgan fingerprint density at radius 1 is 1.19 bits per heavy atom. The molecule has 8 heteroatoms. The lowest BCUT2D eigenvalue weighted by Crippen LogP contribution is -2.11. The molecule has 0 saturated carbocycles. The molecule has 27 heavy (non-hydrogen) atoms. The molecule has 0 bridgehead atoms. The highest BCUT2D eigenvalue weighted by atomic mass is 19.4. The molecule has 0 spiro atoms. The van der Waals surface area contributed by atoms with Gasteiger partial charge in [0.25, 0.3) is 0 Å². The van der Waals surface area contributed by atoms with Gasteiger partial charge in [0.05, 0.1) is 24.8 Å². The number of methoxy groups -OCH3 is 1. The lowest BCUT2D eigenvalue weighted by molar-refractivity contribution is -0.139. The summed E-state index contributed by atoms with van der Waals surface area (Å²) in [5, 5.41) is 0.145. The first-order valence-corrected chi connectivity index (χ1v) is 7.96. The maximum Gasteiger partial charge on any atom is 0.416 e. The van der Waals surface area contributed by atoms with Gasteiger partial charge in [-0.15, -0.1) is 0 Å². The molecule has 0 fully saturated rings. The Kier molecular flexibility index (Phi) is 4.73. The second kappa shape index (κ2) is 6.86. The van der Waals surface area contributed by atoms with E-state index in [1.54, 1.807) is 19.1 Å². The van der Waals surface area contributed by atoms with Crippen LogP contribution in [0.5, 0.6) is 0 Å². The number of ketones is 1. The van der Waals surface area contributed by atoms with Crippen molar-refractivity contribution in [2.24, 2.45) is 0 Å². The number of aryl methyl sites for hydroxylation is 1. The van der Waals surface area contributed by atoms with Crippen LogP contribution in [0.3, 0.4) is 0 Å². The number of aromatic amines is 1. The summed E-state index contributed by atoms with van der Waals surface area (Å²) in [6.45, 7) is 1.79. The van der Waals surface area contributed by atoms with Crippen molar-refractivity contribution >= 4 is 22.7 Å². The molecule has 0 aliphatic rings. The highest BCUT2D eigenvalue weighted by Crippen LogP contribution is 2.34. The number of hydrogen-bond acceptors (Lipinski definition) is 4. The SMILES string of the molecule is COC(=O)Cc1c(C(=O)c2cc(C)ccn2)[nH]c2ccc(C(F)(F)F)cc12. The average molecular weight is 376 g/mol. The van der Waals surface area contributed by atoms with Gasteiger partial charge in [0.1, 0.15) is 5.69 Å². The van der Waals surface area contributed by atoms with E-state index < -0.39 is 23.5 Å². The van der Waals surface area contributed by atoms with E-state index in [-0.39, 0.29) is 28.8 Å². The summed E-state index contributed by atoms with van der Waals surface area (Å²) in [4.78, 5) is 31.5. The van der Waals surface area contributed by atoms with Crippen LogP contribution in [0.15, 0.2) is 36.5 Å². The summed E-state index contributed by atoms with van der Waals surface area (Å²) in [7, 11) is 1.17. The van der Waals surface area contributed by atoms with Crippen molar-refractivity contribution in [2.45, 2.75) is 19.5 Å². The number of rotatable bonds is 4. The minimum absolute atomic E-state index is 0.0211. The van der Waals surface area contributed by atoms with E-state index in [2.05, 4.69) is 14.7 Å². The van der Waals surface area contributed by atoms with Gasteiger partial charge >= 0.3 is 12.1 Å². The van der Waals surface area contributed by atoms with E-state index in [1.165, 1.54) is 19.4 Å². The number of carbonyl (C=O) groups is 2. The first kappa shape index (κ1) is 18.6. The third kappa shape index (κ3) is 3.69. The van der Waals surface area contributed by atoms with E-state index in [4.69, 9.17) is 0 Å². The molecule has 0 amide bonds. The van der Waals surface area contributed by atoms with Crippen LogP contribution < -0.4 is 0 Å². The smallest absolute Gasteiger partial charge is 0.416 e. The molecular formula is C19H15F3N2O3. The molecule has 5 nitrogen and oxygen atoms in total. The second-order valence-corrected chi connectivity index (χ2v) is 6.04. The molecule has 2 heterocycles. The van der Waals surface area contributed by atoms with Gasteiger partial charge in [0.2, 0.25) is 5.78 Å². The second-order valence-electron chi connectivity index (χ2n) is 6.04. The maximum absolute atomic E-state index is 13.1. The minimum Gasteiger partial charge on any atom is -0.469 e. The van der Waals surface area contributed by atoms with Crippen LogP contribution in [0.2, 0.25) is 0 Å². The van der Waals surface area contributed by atoms with Gasteiger partial charge < -0.3 is 9.72 Å². The molecule has 0 aliphatic carbocycles. The van der Waals surface area contributed by atoms with Crippen LogP contribution in [0.4, 0.5) is 13.2 Å². The van der Waals surface area contributed by atoms with Crippen LogP contribution in [0, 0.1) is 6.92 Å². The molecule has 0 aliphatic heterocycles. The van der Waals surface area contributed by atoms with Crippen molar-refractivity contribution in [3.8, 4) is 0 Å². The topological polar surface area (TPSA) is 72.1 Å². The zero-order valence-electron chi connectivity index (χ0n) is 14.5. The van der Waals surface area contributed by atoms with E-state index in [0.29, 0.717) is 5.52 Å². The van der Waals surface area contributed by atoms with Gasteiger partial charge in [0.15, 0.2) is 0 Å². The van der Waals surface area contributed by atoms with Crippen molar-refractivity contribution < 1.29 is 27.5 Å². The van der Waals surface area contributed by atoms with E-state index in [1.807, 2.05) is 0 Å². The van der Waals surface area contributed by atoms with Crippen LogP contribution in [0.1, 0.15) is 32.9 Å². The van der Waals surface area contributed by atoms with Gasteiger partial charge in [-0.3, -0.25) is 14.6 Å². The number of alkyl halides is 3. The van der Waals surface area contributed by atoms with Crippen molar-refractivity contribution in [1.82, 2.24) is 9.97 Å². The summed E-state index contributed by atoms with van der Waals surface area (Å²) in [5.74, 6) is -1.18. The Bertz CT molecular complexity index is 1040. The summed E-state index contributed by atoms with van der Waals surface area (Å²) < 4.78 is 43.8. The first-order chi connectivity index (χ1) is 12.7. The minimum atomic E-state index is -4.55. The van der Waals surface area contributed by atoms with Crippen LogP contribution >= 0.6 is 0 Å². The zero-order valence-corrected chi connectivity index (χ0v) is 14.5. The molecule has 3 aromatic rings. The number of aromatic nitrogens is 2. The third-order valence-electron chi connectivity index (χ3n) is 4.16. The number of fused-ring (bicyclic) bond motifs is 1. The molecule has 3 rings (SSSR count). The predicted molar refractivity (Wildman–Crippen MR) is 91.4 cm³/mol. The Balaban J connectivity index is 2.20. The fourth-order valence-corrected chi connectivity index (χ4v) is 2.81. The summed E-state index contributed by atoms with van der Waals surface area (Å²) in [6.07, 6.45) is -3.42. The average Bonchev–Trinajstić information content (AvgIpc) is 2.98. The number of hydrogen-bond donors (Lipinski definition) is 1. The van der Waals surface area contributed by atoms with Gasteiger partial charge in [-0.1, -0.05) is 0 Å². The van der Waals surface area contributed by atoms with Crippen molar-refractivity contribution in [2.75, 3.05) is 7.11 Å². The number of nitrogens with one attached hydrogen (secondary N) is 1. The Hall–Kier alpha value is -3.16. The quantitative estimate of drug-likeness (QED) is 0.555. The molecule has 0 unspecified atom stereocenters. The van der Waals surface area contributed by atoms with Crippen LogP contribution in [-0.4, -0.2) is 28.8 Å². The molecule has 0 atom stereocenters. The van der Waals surface area contributed by atoms with E-state index in [9.17, 15) is 22.8 Å². The number of nitrogens with zero attached hydrogens (tertiary/aromatic N) is 1. The first-order valence-electron chi connectivity index (χ1n) is 7.96. The normalized spacial score (nSPS) is 11.6. The van der Waals surface area contributed by atoms with Crippen molar-refractivity contribution in [3.63, 3.8) is 0 Å². The Morgan fingerprint density at radius 2 is 1.93 bits per heavy atom. The van der Waals surface area contributed by atoms with E-state index >= 15 is 0 Å². The summed E-state index contributed by atoms with van der Waals surface area (Å²) >= 11 is 0. The molecule has 1 N–H and O–H groups in total. The molecule has 0 radical (unpaired) electrons. The highest BCUT2D eigenvalue weighted by molar-refractivity contribution is 6.11. The highest BCUT2D eigenvalue weighted by Gasteiger charge is 2.32. The number of carbonyl (C=O) groups excluding carboxylic acids is 2.